The van der Waals surface area contributed by atoms with Crippen LogP contribution in [-0.2, 0) is 15.6 Å². The Hall–Kier alpha value is -1.67. The van der Waals surface area contributed by atoms with E-state index < -0.39 is 10.8 Å². The standard InChI is InChI=1S/C13H16N2O2S/c1-3-10(2)18(17)9-13(16)15-12-7-5-4-6-11(12)8-14/h4-7,10H,3,9H2,1-2H3,(H,15,16). The van der Waals surface area contributed by atoms with Gasteiger partial charge in [0.1, 0.15) is 11.8 Å². The molecule has 0 aliphatic heterocycles. The molecule has 4 nitrogen and oxygen atoms in total. The van der Waals surface area contributed by atoms with E-state index in [2.05, 4.69) is 5.32 Å². The number of nitrogens with one attached hydrogen (secondary N) is 1. The fraction of sp³-hybridized carbons (Fsp3) is 0.385. The fourth-order valence-corrected chi connectivity index (χ4v) is 2.32. The Morgan fingerprint density at radius 3 is 2.78 bits per heavy atom. The third kappa shape index (κ3) is 3.97. The summed E-state index contributed by atoms with van der Waals surface area (Å²) in [6.07, 6.45) is 0.772. The van der Waals surface area contributed by atoms with Gasteiger partial charge in [0, 0.05) is 16.0 Å². The van der Waals surface area contributed by atoms with E-state index in [1.54, 1.807) is 24.3 Å². The molecular weight excluding hydrogens is 248 g/mol. The topological polar surface area (TPSA) is 70.0 Å². The predicted octanol–water partition coefficient (Wildman–Crippen LogP) is 2.04. The molecule has 1 N–H and O–H groups in total. The van der Waals surface area contributed by atoms with Gasteiger partial charge in [-0.25, -0.2) is 0 Å². The summed E-state index contributed by atoms with van der Waals surface area (Å²) >= 11 is 0. The first-order valence-electron chi connectivity index (χ1n) is 5.74. The average Bonchev–Trinajstić information content (AvgIpc) is 2.38. The van der Waals surface area contributed by atoms with Crippen LogP contribution in [0.25, 0.3) is 0 Å². The van der Waals surface area contributed by atoms with Gasteiger partial charge in [-0.05, 0) is 18.6 Å². The number of para-hydroxylation sites is 1. The van der Waals surface area contributed by atoms with E-state index in [0.717, 1.165) is 6.42 Å². The Bertz CT molecular complexity index is 494. The minimum absolute atomic E-state index is 0.00182. The maximum absolute atomic E-state index is 11.7. The summed E-state index contributed by atoms with van der Waals surface area (Å²) in [5.41, 5.74) is 0.867. The number of carbonyl (C=O) groups excluding carboxylic acids is 1. The van der Waals surface area contributed by atoms with Crippen molar-refractivity contribution in [1.29, 1.82) is 5.26 Å². The Morgan fingerprint density at radius 1 is 1.50 bits per heavy atom. The van der Waals surface area contributed by atoms with Gasteiger partial charge in [0.15, 0.2) is 0 Å². The van der Waals surface area contributed by atoms with Crippen LogP contribution in [0.3, 0.4) is 0 Å². The van der Waals surface area contributed by atoms with E-state index >= 15 is 0 Å². The molecule has 18 heavy (non-hydrogen) atoms. The van der Waals surface area contributed by atoms with E-state index in [0.29, 0.717) is 11.3 Å². The first-order valence-corrected chi connectivity index (χ1v) is 7.12. The Labute approximate surface area is 109 Å². The zero-order chi connectivity index (χ0) is 13.5. The molecule has 1 aromatic carbocycles. The van der Waals surface area contributed by atoms with Crippen molar-refractivity contribution in [3.05, 3.63) is 29.8 Å². The summed E-state index contributed by atoms with van der Waals surface area (Å²) in [5.74, 6) is -0.356. The Morgan fingerprint density at radius 2 is 2.17 bits per heavy atom. The molecule has 0 saturated heterocycles. The number of rotatable bonds is 5. The molecule has 0 bridgehead atoms. The minimum Gasteiger partial charge on any atom is -0.324 e. The van der Waals surface area contributed by atoms with Gasteiger partial charge in [-0.3, -0.25) is 9.00 Å². The summed E-state index contributed by atoms with van der Waals surface area (Å²) in [6.45, 7) is 3.79. The van der Waals surface area contributed by atoms with Crippen molar-refractivity contribution >= 4 is 22.4 Å². The molecule has 0 aromatic heterocycles. The number of amides is 1. The van der Waals surface area contributed by atoms with Crippen LogP contribution in [0.1, 0.15) is 25.8 Å². The third-order valence-corrected chi connectivity index (χ3v) is 4.40. The highest BCUT2D eigenvalue weighted by atomic mass is 32.2. The Kier molecular flexibility index (Phi) is 5.53. The molecule has 1 amide bonds. The van der Waals surface area contributed by atoms with Gasteiger partial charge in [-0.15, -0.1) is 0 Å². The van der Waals surface area contributed by atoms with Crippen LogP contribution in [0, 0.1) is 11.3 Å². The molecule has 96 valence electrons. The molecule has 0 aliphatic carbocycles. The van der Waals surface area contributed by atoms with Crippen molar-refractivity contribution in [2.24, 2.45) is 0 Å². The highest BCUT2D eigenvalue weighted by Gasteiger charge is 2.14. The summed E-state index contributed by atoms with van der Waals surface area (Å²) in [6, 6.07) is 8.75. The molecule has 1 rings (SSSR count). The second-order valence-corrected chi connectivity index (χ2v) is 5.80. The maximum Gasteiger partial charge on any atom is 0.237 e. The zero-order valence-electron chi connectivity index (χ0n) is 10.5. The lowest BCUT2D eigenvalue weighted by atomic mass is 10.2. The van der Waals surface area contributed by atoms with Gasteiger partial charge in [0.2, 0.25) is 5.91 Å². The molecule has 2 atom stereocenters. The van der Waals surface area contributed by atoms with Crippen molar-refractivity contribution in [3.63, 3.8) is 0 Å². The monoisotopic (exact) mass is 264 g/mol. The van der Waals surface area contributed by atoms with Gasteiger partial charge in [-0.1, -0.05) is 26.0 Å². The maximum atomic E-state index is 11.7. The SMILES string of the molecule is CCC(C)S(=O)CC(=O)Nc1ccccc1C#N. The normalized spacial score (nSPS) is 13.4. The van der Waals surface area contributed by atoms with Gasteiger partial charge in [0.25, 0.3) is 0 Å². The van der Waals surface area contributed by atoms with Crippen molar-refractivity contribution < 1.29 is 9.00 Å². The lowest BCUT2D eigenvalue weighted by molar-refractivity contribution is -0.113. The largest absolute Gasteiger partial charge is 0.324 e. The number of nitriles is 1. The molecule has 0 spiro atoms. The fourth-order valence-electron chi connectivity index (χ4n) is 1.33. The number of anilines is 1. The molecule has 0 fully saturated rings. The van der Waals surface area contributed by atoms with Gasteiger partial charge >= 0.3 is 0 Å². The summed E-state index contributed by atoms with van der Waals surface area (Å²) in [5, 5.41) is 11.5. The summed E-state index contributed by atoms with van der Waals surface area (Å²) < 4.78 is 11.7. The number of hydrogen-bond donors (Lipinski definition) is 1. The van der Waals surface area contributed by atoms with Crippen LogP contribution in [-0.4, -0.2) is 21.1 Å². The van der Waals surface area contributed by atoms with E-state index in [1.807, 2.05) is 19.9 Å². The minimum atomic E-state index is -1.17. The van der Waals surface area contributed by atoms with Crippen LogP contribution < -0.4 is 5.32 Å². The highest BCUT2D eigenvalue weighted by Crippen LogP contribution is 2.13. The van der Waals surface area contributed by atoms with Crippen LogP contribution in [0.15, 0.2) is 24.3 Å². The second kappa shape index (κ2) is 6.92. The van der Waals surface area contributed by atoms with Crippen LogP contribution in [0.2, 0.25) is 0 Å². The molecule has 0 radical (unpaired) electrons. The van der Waals surface area contributed by atoms with Crippen molar-refractivity contribution in [1.82, 2.24) is 0 Å². The first kappa shape index (κ1) is 14.4. The van der Waals surface area contributed by atoms with Gasteiger partial charge in [-0.2, -0.15) is 5.26 Å². The molecule has 5 heteroatoms. The number of carbonyl (C=O) groups is 1. The van der Waals surface area contributed by atoms with Crippen LogP contribution in [0.4, 0.5) is 5.69 Å². The van der Waals surface area contributed by atoms with E-state index in [4.69, 9.17) is 5.26 Å². The quantitative estimate of drug-likeness (QED) is 0.884. The average molecular weight is 264 g/mol. The smallest absolute Gasteiger partial charge is 0.237 e. The number of benzene rings is 1. The summed E-state index contributed by atoms with van der Waals surface area (Å²) in [4.78, 5) is 11.7. The second-order valence-electron chi connectivity index (χ2n) is 3.95. The predicted molar refractivity (Wildman–Crippen MR) is 72.5 cm³/mol. The first-order chi connectivity index (χ1) is 8.58. The molecule has 0 aliphatic rings. The molecule has 1 aromatic rings. The highest BCUT2D eigenvalue weighted by molar-refractivity contribution is 7.86. The number of nitrogens with zero attached hydrogens (tertiary/aromatic N) is 1. The lowest BCUT2D eigenvalue weighted by Crippen LogP contribution is -2.24. The van der Waals surface area contributed by atoms with Crippen LogP contribution in [0.5, 0.6) is 0 Å². The molecular formula is C13H16N2O2S. The molecule has 2 unspecified atom stereocenters. The van der Waals surface area contributed by atoms with Crippen molar-refractivity contribution in [3.8, 4) is 6.07 Å². The van der Waals surface area contributed by atoms with E-state index in [1.165, 1.54) is 0 Å². The summed E-state index contributed by atoms with van der Waals surface area (Å²) in [7, 11) is -1.17. The zero-order valence-corrected chi connectivity index (χ0v) is 11.3. The molecule has 0 heterocycles. The lowest BCUT2D eigenvalue weighted by Gasteiger charge is -2.09. The van der Waals surface area contributed by atoms with Crippen molar-refractivity contribution in [2.45, 2.75) is 25.5 Å². The van der Waals surface area contributed by atoms with Gasteiger partial charge < -0.3 is 5.32 Å². The van der Waals surface area contributed by atoms with E-state index in [9.17, 15) is 9.00 Å². The van der Waals surface area contributed by atoms with Crippen molar-refractivity contribution in [2.75, 3.05) is 11.1 Å². The number of hydrogen-bond acceptors (Lipinski definition) is 3. The van der Waals surface area contributed by atoms with Crippen LogP contribution >= 0.6 is 0 Å². The van der Waals surface area contributed by atoms with Gasteiger partial charge in [0.05, 0.1) is 11.3 Å². The molecule has 0 saturated carbocycles. The Balaban J connectivity index is 2.66. The third-order valence-electron chi connectivity index (χ3n) is 2.62. The van der Waals surface area contributed by atoms with E-state index in [-0.39, 0.29) is 16.9 Å².